The average Bonchev–Trinajstić information content (AvgIpc) is 3.36. The summed E-state index contributed by atoms with van der Waals surface area (Å²) in [6, 6.07) is -1.01. The van der Waals surface area contributed by atoms with Gasteiger partial charge in [0.1, 0.15) is 11.0 Å². The summed E-state index contributed by atoms with van der Waals surface area (Å²) in [5.74, 6) is -2.02. The first-order valence-electron chi connectivity index (χ1n) is 13.5. The Hall–Kier alpha value is -2.53. The largest absolute Gasteiger partial charge is 0.476 e. The zero-order chi connectivity index (χ0) is 28.8. The fraction of sp³-hybridized carbons (Fsp3) is 0.741. The van der Waals surface area contributed by atoms with Crippen molar-refractivity contribution in [3.05, 3.63) is 16.1 Å². The lowest BCUT2D eigenvalue weighted by molar-refractivity contribution is -0.149. The van der Waals surface area contributed by atoms with Crippen molar-refractivity contribution >= 4 is 35.1 Å². The molecule has 0 saturated heterocycles. The number of hydrogen-bond donors (Lipinski definition) is 3. The number of nitrogens with one attached hydrogen (secondary N) is 2. The molecule has 0 bridgehead atoms. The van der Waals surface area contributed by atoms with Crippen molar-refractivity contribution in [2.45, 2.75) is 97.8 Å². The molecule has 38 heavy (non-hydrogen) atoms. The molecule has 1 aromatic heterocycles. The molecular formula is C27H46N4O6S. The highest BCUT2D eigenvalue weighted by molar-refractivity contribution is 7.09. The monoisotopic (exact) mass is 554 g/mol. The summed E-state index contributed by atoms with van der Waals surface area (Å²) in [4.78, 5) is 55.6. The highest BCUT2D eigenvalue weighted by Crippen LogP contribution is 2.31. The Morgan fingerprint density at radius 1 is 1.13 bits per heavy atom. The van der Waals surface area contributed by atoms with Gasteiger partial charge in [0.25, 0.3) is 0 Å². The second-order valence-corrected chi connectivity index (χ2v) is 10.9. The second kappa shape index (κ2) is 17.1. The minimum Gasteiger partial charge on any atom is -0.476 e. The van der Waals surface area contributed by atoms with Crippen LogP contribution in [0.1, 0.15) is 101 Å². The number of aromatic carboxylic acids is 1. The van der Waals surface area contributed by atoms with Crippen LogP contribution < -0.4 is 10.6 Å². The molecule has 0 aliphatic heterocycles. The number of esters is 1. The van der Waals surface area contributed by atoms with Crippen LogP contribution in [0, 0.1) is 11.8 Å². The molecule has 1 rings (SSSR count). The van der Waals surface area contributed by atoms with E-state index in [4.69, 9.17) is 4.74 Å². The van der Waals surface area contributed by atoms with E-state index in [9.17, 15) is 24.3 Å². The standard InChI is InChI=1S/C27H46N4O6S/c1-8-19(9-2)24(30-23(33)13-11-10-12-14-28-6)26(34)31(7)21(17(3)4)15-22(37-18(5)32)25-29-20(16-38-25)27(35)36/h16-17,19,21-22,24,28H,8-15H2,1-7H3,(H,30,33)(H,35,36)/t21-,22-,24?/m1/s1. The van der Waals surface area contributed by atoms with E-state index in [2.05, 4.69) is 15.6 Å². The zero-order valence-corrected chi connectivity index (χ0v) is 24.7. The molecule has 1 unspecified atom stereocenters. The minimum absolute atomic E-state index is 0.00820. The van der Waals surface area contributed by atoms with Crippen molar-refractivity contribution < 1.29 is 29.0 Å². The number of ether oxygens (including phenoxy) is 1. The number of carboxylic acid groups (broad SMARTS) is 1. The first-order valence-corrected chi connectivity index (χ1v) is 14.4. The molecule has 216 valence electrons. The fourth-order valence-electron chi connectivity index (χ4n) is 4.56. The van der Waals surface area contributed by atoms with Crippen LogP contribution in [0.5, 0.6) is 0 Å². The molecule has 0 spiro atoms. The number of aromatic nitrogens is 1. The van der Waals surface area contributed by atoms with Crippen LogP contribution in [-0.4, -0.2) is 71.5 Å². The number of nitrogens with zero attached hydrogens (tertiary/aromatic N) is 2. The predicted molar refractivity (Wildman–Crippen MR) is 148 cm³/mol. The Labute approximate surface area is 230 Å². The van der Waals surface area contributed by atoms with Crippen LogP contribution in [-0.2, 0) is 19.1 Å². The van der Waals surface area contributed by atoms with Crippen molar-refractivity contribution in [2.75, 3.05) is 20.6 Å². The molecule has 0 aromatic carbocycles. The van der Waals surface area contributed by atoms with Crippen LogP contribution in [0.15, 0.2) is 5.38 Å². The maximum Gasteiger partial charge on any atom is 0.355 e. The number of unbranched alkanes of at least 4 members (excludes halogenated alkanes) is 2. The summed E-state index contributed by atoms with van der Waals surface area (Å²) in [7, 11) is 3.61. The fourth-order valence-corrected chi connectivity index (χ4v) is 5.40. The number of rotatable bonds is 18. The maximum atomic E-state index is 13.8. The number of carboxylic acids is 1. The molecular weight excluding hydrogens is 508 g/mol. The molecule has 11 heteroatoms. The van der Waals surface area contributed by atoms with Gasteiger partial charge in [0.05, 0.1) is 0 Å². The van der Waals surface area contributed by atoms with Crippen molar-refractivity contribution in [2.24, 2.45) is 11.8 Å². The number of carbonyl (C=O) groups excluding carboxylic acids is 3. The van der Waals surface area contributed by atoms with Crippen molar-refractivity contribution in [1.29, 1.82) is 0 Å². The quantitative estimate of drug-likeness (QED) is 0.183. The Bertz CT molecular complexity index is 902. The third-order valence-corrected chi connectivity index (χ3v) is 7.77. The van der Waals surface area contributed by atoms with Gasteiger partial charge in [-0.2, -0.15) is 0 Å². The normalized spacial score (nSPS) is 13.7. The van der Waals surface area contributed by atoms with E-state index in [0.717, 1.165) is 50.0 Å². The van der Waals surface area contributed by atoms with E-state index in [1.165, 1.54) is 12.3 Å². The van der Waals surface area contributed by atoms with Crippen molar-refractivity contribution in [3.8, 4) is 0 Å². The molecule has 10 nitrogen and oxygen atoms in total. The molecule has 0 fully saturated rings. The van der Waals surface area contributed by atoms with Crippen LogP contribution in [0.3, 0.4) is 0 Å². The minimum atomic E-state index is -1.16. The topological polar surface area (TPSA) is 138 Å². The van der Waals surface area contributed by atoms with E-state index in [-0.39, 0.29) is 41.8 Å². The van der Waals surface area contributed by atoms with Gasteiger partial charge in [-0.15, -0.1) is 11.3 Å². The first-order chi connectivity index (χ1) is 18.0. The molecule has 0 radical (unpaired) electrons. The molecule has 3 N–H and O–H groups in total. The molecule has 2 amide bonds. The molecule has 0 saturated carbocycles. The van der Waals surface area contributed by atoms with Gasteiger partial charge in [-0.05, 0) is 38.3 Å². The van der Waals surface area contributed by atoms with Gasteiger partial charge < -0.3 is 25.4 Å². The van der Waals surface area contributed by atoms with Gasteiger partial charge in [-0.25, -0.2) is 9.78 Å². The summed E-state index contributed by atoms with van der Waals surface area (Å²) < 4.78 is 5.53. The Morgan fingerprint density at radius 3 is 2.29 bits per heavy atom. The van der Waals surface area contributed by atoms with Gasteiger partial charge in [0.2, 0.25) is 11.8 Å². The number of hydrogen-bond acceptors (Lipinski definition) is 8. The lowest BCUT2D eigenvalue weighted by atomic mass is 9.90. The van der Waals surface area contributed by atoms with E-state index in [0.29, 0.717) is 11.4 Å². The zero-order valence-electron chi connectivity index (χ0n) is 23.9. The average molecular weight is 555 g/mol. The van der Waals surface area contributed by atoms with E-state index >= 15 is 0 Å². The molecule has 0 aliphatic rings. The second-order valence-electron chi connectivity index (χ2n) is 10.0. The van der Waals surface area contributed by atoms with Crippen molar-refractivity contribution in [1.82, 2.24) is 20.5 Å². The molecule has 3 atom stereocenters. The molecule has 1 heterocycles. The molecule has 1 aromatic rings. The van der Waals surface area contributed by atoms with Gasteiger partial charge in [0.15, 0.2) is 11.8 Å². The summed E-state index contributed by atoms with van der Waals surface area (Å²) in [6.45, 7) is 10.2. The van der Waals surface area contributed by atoms with Gasteiger partial charge >= 0.3 is 11.9 Å². The lowest BCUT2D eigenvalue weighted by Crippen LogP contribution is -2.54. The van der Waals surface area contributed by atoms with Crippen LogP contribution in [0.25, 0.3) is 0 Å². The lowest BCUT2D eigenvalue weighted by Gasteiger charge is -2.37. The third-order valence-electron chi connectivity index (χ3n) is 6.83. The summed E-state index contributed by atoms with van der Waals surface area (Å²) in [5.41, 5.74) is -0.116. The van der Waals surface area contributed by atoms with Crippen molar-refractivity contribution in [3.63, 3.8) is 0 Å². The number of likely N-dealkylation sites (N-methyl/N-ethyl adjacent to an activating group) is 1. The summed E-state index contributed by atoms with van der Waals surface area (Å²) >= 11 is 1.11. The van der Waals surface area contributed by atoms with E-state index < -0.39 is 24.1 Å². The van der Waals surface area contributed by atoms with Gasteiger partial charge in [-0.1, -0.05) is 47.0 Å². The maximum absolute atomic E-state index is 13.8. The van der Waals surface area contributed by atoms with Gasteiger partial charge in [-0.3, -0.25) is 14.4 Å². The number of carbonyl (C=O) groups is 4. The summed E-state index contributed by atoms with van der Waals surface area (Å²) in [5, 5.41) is 17.1. The van der Waals surface area contributed by atoms with Gasteiger partial charge in [0, 0.05) is 38.2 Å². The SMILES string of the molecule is CCC(CC)C(NC(=O)CCCCCNC)C(=O)N(C)[C@H](C[C@@H](OC(C)=O)c1nc(C(=O)O)cs1)C(C)C. The predicted octanol–water partition coefficient (Wildman–Crippen LogP) is 4.02. The Morgan fingerprint density at radius 2 is 1.79 bits per heavy atom. The van der Waals surface area contributed by atoms with E-state index in [1.807, 2.05) is 34.7 Å². The Kier molecular flexibility index (Phi) is 15.1. The van der Waals surface area contributed by atoms with Crippen LogP contribution in [0.4, 0.5) is 0 Å². The third kappa shape index (κ3) is 10.7. The number of amides is 2. The highest BCUT2D eigenvalue weighted by atomic mass is 32.1. The Balaban J connectivity index is 3.12. The molecule has 0 aliphatic carbocycles. The number of thiazole rings is 1. The van der Waals surface area contributed by atoms with E-state index in [1.54, 1.807) is 11.9 Å². The first kappa shape index (κ1) is 33.5. The highest BCUT2D eigenvalue weighted by Gasteiger charge is 2.36. The van der Waals surface area contributed by atoms with Crippen LogP contribution in [0.2, 0.25) is 0 Å². The van der Waals surface area contributed by atoms with Crippen LogP contribution >= 0.6 is 11.3 Å². The smallest absolute Gasteiger partial charge is 0.355 e. The summed E-state index contributed by atoms with van der Waals surface area (Å²) in [6.07, 6.45) is 3.99.